The van der Waals surface area contributed by atoms with Gasteiger partial charge in [-0.05, 0) is 25.2 Å². The summed E-state index contributed by atoms with van der Waals surface area (Å²) < 4.78 is 21.5. The third kappa shape index (κ3) is 4.97. The molecule has 0 bridgehead atoms. The van der Waals surface area contributed by atoms with E-state index in [4.69, 9.17) is 5.14 Å². The van der Waals surface area contributed by atoms with Crippen molar-refractivity contribution in [2.24, 2.45) is 11.1 Å². The van der Waals surface area contributed by atoms with Crippen molar-refractivity contribution < 1.29 is 23.1 Å². The maximum absolute atomic E-state index is 12.0. The number of nitrogens with two attached hydrogens (primary N) is 1. The number of likely N-dealkylation sites (tertiary alicyclic amines) is 1. The Labute approximate surface area is 118 Å². The average Bonchev–Trinajstić information content (AvgIpc) is 2.32. The number of piperidine rings is 1. The van der Waals surface area contributed by atoms with Gasteiger partial charge in [-0.15, -0.1) is 0 Å². The van der Waals surface area contributed by atoms with Crippen molar-refractivity contribution in [3.8, 4) is 0 Å². The number of nitrogens with one attached hydrogen (secondary N) is 1. The molecule has 0 saturated carbocycles. The zero-order valence-corrected chi connectivity index (χ0v) is 12.2. The van der Waals surface area contributed by atoms with Gasteiger partial charge in [-0.3, -0.25) is 0 Å². The second-order valence-corrected chi connectivity index (χ2v) is 6.78. The Morgan fingerprint density at radius 1 is 1.45 bits per heavy atom. The van der Waals surface area contributed by atoms with Gasteiger partial charge in [0.2, 0.25) is 10.0 Å². The lowest BCUT2D eigenvalue weighted by Gasteiger charge is -2.37. The Morgan fingerprint density at radius 2 is 2.10 bits per heavy atom. The minimum atomic E-state index is -3.54. The van der Waals surface area contributed by atoms with Crippen molar-refractivity contribution in [1.82, 2.24) is 10.2 Å². The molecule has 1 saturated heterocycles. The monoisotopic (exact) mass is 307 g/mol. The molecule has 0 aliphatic carbocycles. The van der Waals surface area contributed by atoms with Gasteiger partial charge >= 0.3 is 12.0 Å². The van der Waals surface area contributed by atoms with Crippen LogP contribution in [0.5, 0.6) is 0 Å². The number of sulfonamides is 1. The van der Waals surface area contributed by atoms with Crippen molar-refractivity contribution in [2.75, 3.05) is 18.8 Å². The van der Waals surface area contributed by atoms with E-state index in [1.54, 1.807) is 6.92 Å². The predicted octanol–water partition coefficient (Wildman–Crippen LogP) is -0.440. The summed E-state index contributed by atoms with van der Waals surface area (Å²) in [5.41, 5.74) is 0. The van der Waals surface area contributed by atoms with Crippen LogP contribution in [0.1, 0.15) is 26.2 Å². The molecular weight excluding hydrogens is 286 g/mol. The number of hydrogen-bond acceptors (Lipinski definition) is 4. The van der Waals surface area contributed by atoms with E-state index in [2.05, 4.69) is 5.32 Å². The quantitative estimate of drug-likeness (QED) is 0.593. The van der Waals surface area contributed by atoms with Crippen LogP contribution in [0.4, 0.5) is 4.79 Å². The van der Waals surface area contributed by atoms with Crippen LogP contribution < -0.4 is 10.5 Å². The molecule has 8 nitrogen and oxygen atoms in total. The van der Waals surface area contributed by atoms with Crippen molar-refractivity contribution in [2.45, 2.75) is 32.2 Å². The average molecular weight is 307 g/mol. The van der Waals surface area contributed by atoms with Crippen LogP contribution in [0, 0.1) is 5.92 Å². The highest BCUT2D eigenvalue weighted by molar-refractivity contribution is 7.89. The van der Waals surface area contributed by atoms with E-state index in [1.165, 1.54) is 4.90 Å². The van der Waals surface area contributed by atoms with Gasteiger partial charge in [0.05, 0.1) is 5.75 Å². The highest BCUT2D eigenvalue weighted by Crippen LogP contribution is 2.23. The molecule has 0 aromatic carbocycles. The van der Waals surface area contributed by atoms with Crippen LogP contribution in [0.25, 0.3) is 0 Å². The summed E-state index contributed by atoms with van der Waals surface area (Å²) in [5.74, 6) is -1.33. The Balaban J connectivity index is 2.50. The number of hydrogen-bond donors (Lipinski definition) is 3. The molecule has 2 amide bonds. The fourth-order valence-electron chi connectivity index (χ4n) is 2.36. The molecule has 1 fully saturated rings. The molecule has 1 heterocycles. The Hall–Kier alpha value is -1.35. The Kier molecular flexibility index (Phi) is 5.75. The van der Waals surface area contributed by atoms with Gasteiger partial charge < -0.3 is 15.3 Å². The number of rotatable bonds is 5. The number of urea groups is 1. The summed E-state index contributed by atoms with van der Waals surface area (Å²) in [6, 6.07) is -1.31. The molecule has 0 aromatic rings. The van der Waals surface area contributed by atoms with E-state index in [9.17, 15) is 23.1 Å². The number of nitrogens with zero attached hydrogens (tertiary/aromatic N) is 1. The minimum absolute atomic E-state index is 0.101. The lowest BCUT2D eigenvalue weighted by Crippen LogP contribution is -2.55. The lowest BCUT2D eigenvalue weighted by atomic mass is 9.91. The van der Waals surface area contributed by atoms with Gasteiger partial charge in [0.15, 0.2) is 0 Å². The second kappa shape index (κ2) is 6.89. The molecular formula is C11H21N3O5S. The molecule has 20 heavy (non-hydrogen) atoms. The Bertz CT molecular complexity index is 465. The third-order valence-electron chi connectivity index (χ3n) is 3.33. The van der Waals surface area contributed by atoms with Gasteiger partial charge in [-0.1, -0.05) is 6.92 Å². The van der Waals surface area contributed by atoms with Crippen LogP contribution >= 0.6 is 0 Å². The number of amides is 2. The third-order valence-corrected chi connectivity index (χ3v) is 4.19. The van der Waals surface area contributed by atoms with Crippen molar-refractivity contribution in [1.29, 1.82) is 0 Å². The molecule has 1 aliphatic heterocycles. The number of carboxylic acids is 1. The highest BCUT2D eigenvalue weighted by Gasteiger charge is 2.36. The van der Waals surface area contributed by atoms with Crippen molar-refractivity contribution in [3.05, 3.63) is 0 Å². The summed E-state index contributed by atoms with van der Waals surface area (Å²) in [4.78, 5) is 24.5. The van der Waals surface area contributed by atoms with E-state index >= 15 is 0 Å². The first-order valence-electron chi connectivity index (χ1n) is 6.50. The summed E-state index contributed by atoms with van der Waals surface area (Å²) in [7, 11) is -3.54. The number of carbonyl (C=O) groups excluding carboxylic acids is 1. The van der Waals surface area contributed by atoms with Crippen LogP contribution in [0.2, 0.25) is 0 Å². The predicted molar refractivity (Wildman–Crippen MR) is 72.5 cm³/mol. The standard InChI is InChI=1S/C11H21N3O5S/c1-8-4-2-6-14(9(8)10(15)16)11(17)13-5-3-7-20(12,18)19/h8-9H,2-7H2,1H3,(H,13,17)(H,15,16)(H2,12,18,19). The second-order valence-electron chi connectivity index (χ2n) is 5.05. The molecule has 9 heteroatoms. The molecule has 0 radical (unpaired) electrons. The van der Waals surface area contributed by atoms with E-state index in [-0.39, 0.29) is 24.6 Å². The van der Waals surface area contributed by atoms with Crippen LogP contribution in [-0.4, -0.2) is 55.3 Å². The van der Waals surface area contributed by atoms with E-state index in [1.807, 2.05) is 0 Å². The molecule has 4 N–H and O–H groups in total. The van der Waals surface area contributed by atoms with E-state index in [0.717, 1.165) is 12.8 Å². The van der Waals surface area contributed by atoms with Gasteiger partial charge in [0, 0.05) is 13.1 Å². The summed E-state index contributed by atoms with van der Waals surface area (Å²) in [6.45, 7) is 2.34. The summed E-state index contributed by atoms with van der Waals surface area (Å²) >= 11 is 0. The number of aliphatic carboxylic acids is 1. The van der Waals surface area contributed by atoms with Gasteiger partial charge in [-0.2, -0.15) is 0 Å². The largest absolute Gasteiger partial charge is 0.480 e. The number of carboxylic acid groups (broad SMARTS) is 1. The first-order valence-corrected chi connectivity index (χ1v) is 8.21. The van der Waals surface area contributed by atoms with Gasteiger partial charge in [0.25, 0.3) is 0 Å². The maximum atomic E-state index is 12.0. The van der Waals surface area contributed by atoms with Crippen molar-refractivity contribution >= 4 is 22.0 Å². The highest BCUT2D eigenvalue weighted by atomic mass is 32.2. The van der Waals surface area contributed by atoms with Crippen molar-refractivity contribution in [3.63, 3.8) is 0 Å². The topological polar surface area (TPSA) is 130 Å². The van der Waals surface area contributed by atoms with Gasteiger partial charge in [0.1, 0.15) is 6.04 Å². The van der Waals surface area contributed by atoms with E-state index in [0.29, 0.717) is 6.54 Å². The fourth-order valence-corrected chi connectivity index (χ4v) is 2.91. The fraction of sp³-hybridized carbons (Fsp3) is 0.818. The summed E-state index contributed by atoms with van der Waals surface area (Å²) in [5, 5.41) is 16.6. The maximum Gasteiger partial charge on any atom is 0.326 e. The molecule has 2 atom stereocenters. The molecule has 116 valence electrons. The van der Waals surface area contributed by atoms with E-state index < -0.39 is 28.1 Å². The smallest absolute Gasteiger partial charge is 0.326 e. The molecule has 1 rings (SSSR count). The molecule has 0 aromatic heterocycles. The zero-order chi connectivity index (χ0) is 15.3. The van der Waals surface area contributed by atoms with Crippen LogP contribution in [0.3, 0.4) is 0 Å². The van der Waals surface area contributed by atoms with Crippen LogP contribution in [-0.2, 0) is 14.8 Å². The summed E-state index contributed by atoms with van der Waals surface area (Å²) in [6.07, 6.45) is 1.73. The first-order chi connectivity index (χ1) is 9.22. The number of primary sulfonamides is 1. The number of carbonyl (C=O) groups is 2. The normalized spacial score (nSPS) is 23.4. The lowest BCUT2D eigenvalue weighted by molar-refractivity contribution is -0.145. The zero-order valence-electron chi connectivity index (χ0n) is 11.4. The molecule has 1 aliphatic rings. The molecule has 2 unspecified atom stereocenters. The van der Waals surface area contributed by atoms with Crippen LogP contribution in [0.15, 0.2) is 0 Å². The minimum Gasteiger partial charge on any atom is -0.480 e. The van der Waals surface area contributed by atoms with Gasteiger partial charge in [-0.25, -0.2) is 23.1 Å². The SMILES string of the molecule is CC1CCCN(C(=O)NCCCS(N)(=O)=O)C1C(=O)O. The first kappa shape index (κ1) is 16.7. The Morgan fingerprint density at radius 3 is 2.65 bits per heavy atom. The molecule has 0 spiro atoms.